The van der Waals surface area contributed by atoms with Crippen molar-refractivity contribution in [2.24, 2.45) is 5.73 Å². The van der Waals surface area contributed by atoms with Crippen LogP contribution in [0, 0.1) is 0 Å². The maximum atomic E-state index is 6.01. The molecule has 0 saturated heterocycles. The number of hydrogen-bond acceptors (Lipinski definition) is 3. The molecule has 0 aliphatic heterocycles. The molecule has 0 radical (unpaired) electrons. The van der Waals surface area contributed by atoms with E-state index < -0.39 is 0 Å². The molecular formula is C15H24N4. The van der Waals surface area contributed by atoms with E-state index >= 15 is 0 Å². The summed E-state index contributed by atoms with van der Waals surface area (Å²) in [5.74, 6) is 1.04. The summed E-state index contributed by atoms with van der Waals surface area (Å²) < 4.78 is 0. The number of unbranched alkanes of at least 4 members (excludes halogenated alkanes) is 1. The number of para-hydroxylation sites is 2. The van der Waals surface area contributed by atoms with Gasteiger partial charge in [0.1, 0.15) is 5.82 Å². The zero-order valence-electron chi connectivity index (χ0n) is 11.7. The second-order valence-corrected chi connectivity index (χ2v) is 5.06. The molecule has 1 atom stereocenters. The molecule has 104 valence electrons. The molecule has 2 rings (SSSR count). The summed E-state index contributed by atoms with van der Waals surface area (Å²) in [4.78, 5) is 7.89. The fraction of sp³-hybridized carbons (Fsp3) is 0.533. The van der Waals surface area contributed by atoms with Gasteiger partial charge in [-0.15, -0.1) is 0 Å². The van der Waals surface area contributed by atoms with Crippen molar-refractivity contribution in [3.63, 3.8) is 0 Å². The molecule has 0 aliphatic rings. The van der Waals surface area contributed by atoms with Crippen molar-refractivity contribution in [3.05, 3.63) is 30.1 Å². The first-order valence-corrected chi connectivity index (χ1v) is 7.19. The lowest BCUT2D eigenvalue weighted by Gasteiger charge is -2.11. The van der Waals surface area contributed by atoms with Crippen LogP contribution in [0.15, 0.2) is 24.3 Å². The number of aromatic amines is 1. The van der Waals surface area contributed by atoms with Gasteiger partial charge in [0, 0.05) is 25.6 Å². The average Bonchev–Trinajstić information content (AvgIpc) is 2.84. The number of aromatic nitrogens is 2. The van der Waals surface area contributed by atoms with E-state index in [9.17, 15) is 0 Å². The SMILES string of the molecule is CCCCC(N)CNCCc1nc2ccccc2[nH]1. The van der Waals surface area contributed by atoms with Crippen molar-refractivity contribution >= 4 is 11.0 Å². The number of hydrogen-bond donors (Lipinski definition) is 3. The van der Waals surface area contributed by atoms with Crippen LogP contribution < -0.4 is 11.1 Å². The topological polar surface area (TPSA) is 66.7 Å². The number of nitrogens with one attached hydrogen (secondary N) is 2. The molecule has 1 aromatic heterocycles. The maximum absolute atomic E-state index is 6.01. The minimum absolute atomic E-state index is 0.274. The molecule has 0 spiro atoms. The van der Waals surface area contributed by atoms with Gasteiger partial charge in [-0.25, -0.2) is 4.98 Å². The Morgan fingerprint density at radius 1 is 1.37 bits per heavy atom. The number of benzene rings is 1. The van der Waals surface area contributed by atoms with Gasteiger partial charge in [0.15, 0.2) is 0 Å². The van der Waals surface area contributed by atoms with E-state index in [0.717, 1.165) is 42.8 Å². The molecule has 0 amide bonds. The number of nitrogens with zero attached hydrogens (tertiary/aromatic N) is 1. The smallest absolute Gasteiger partial charge is 0.108 e. The van der Waals surface area contributed by atoms with Crippen LogP contribution in [-0.2, 0) is 6.42 Å². The molecule has 19 heavy (non-hydrogen) atoms. The van der Waals surface area contributed by atoms with Gasteiger partial charge in [-0.2, -0.15) is 0 Å². The van der Waals surface area contributed by atoms with Crippen LogP contribution in [0.25, 0.3) is 11.0 Å². The molecule has 4 nitrogen and oxygen atoms in total. The van der Waals surface area contributed by atoms with Gasteiger partial charge in [0.05, 0.1) is 11.0 Å². The van der Waals surface area contributed by atoms with E-state index in [1.165, 1.54) is 12.8 Å². The Kier molecular flexibility index (Phi) is 5.36. The predicted octanol–water partition coefficient (Wildman–Crippen LogP) is 2.21. The fourth-order valence-electron chi connectivity index (χ4n) is 2.19. The third-order valence-electron chi connectivity index (χ3n) is 3.31. The van der Waals surface area contributed by atoms with Crippen molar-refractivity contribution in [3.8, 4) is 0 Å². The second kappa shape index (κ2) is 7.26. The summed E-state index contributed by atoms with van der Waals surface area (Å²) in [6.07, 6.45) is 4.45. The van der Waals surface area contributed by atoms with Gasteiger partial charge in [0.2, 0.25) is 0 Å². The zero-order chi connectivity index (χ0) is 13.5. The Labute approximate surface area is 114 Å². The van der Waals surface area contributed by atoms with Crippen LogP contribution in [0.2, 0.25) is 0 Å². The molecule has 2 aromatic rings. The molecular weight excluding hydrogens is 236 g/mol. The van der Waals surface area contributed by atoms with Crippen LogP contribution in [-0.4, -0.2) is 29.1 Å². The van der Waals surface area contributed by atoms with E-state index in [1.807, 2.05) is 18.2 Å². The van der Waals surface area contributed by atoms with E-state index in [1.54, 1.807) is 0 Å². The van der Waals surface area contributed by atoms with Gasteiger partial charge in [-0.1, -0.05) is 31.9 Å². The maximum Gasteiger partial charge on any atom is 0.108 e. The molecule has 4 heteroatoms. The van der Waals surface area contributed by atoms with Crippen molar-refractivity contribution in [1.29, 1.82) is 0 Å². The highest BCUT2D eigenvalue weighted by molar-refractivity contribution is 5.74. The largest absolute Gasteiger partial charge is 0.342 e. The Hall–Kier alpha value is -1.39. The molecule has 0 fully saturated rings. The normalized spacial score (nSPS) is 12.9. The number of imidazole rings is 1. The summed E-state index contributed by atoms with van der Waals surface area (Å²) in [7, 11) is 0. The average molecular weight is 260 g/mol. The van der Waals surface area contributed by atoms with Crippen molar-refractivity contribution < 1.29 is 0 Å². The first-order chi connectivity index (χ1) is 9.29. The minimum atomic E-state index is 0.274. The Balaban J connectivity index is 1.70. The van der Waals surface area contributed by atoms with E-state index in [0.29, 0.717) is 0 Å². The summed E-state index contributed by atoms with van der Waals surface area (Å²) in [5, 5.41) is 3.40. The Bertz CT molecular complexity index is 459. The van der Waals surface area contributed by atoms with Gasteiger partial charge < -0.3 is 16.0 Å². The highest BCUT2D eigenvalue weighted by atomic mass is 14.9. The number of H-pyrrole nitrogens is 1. The lowest BCUT2D eigenvalue weighted by Crippen LogP contribution is -2.34. The lowest BCUT2D eigenvalue weighted by molar-refractivity contribution is 0.524. The third kappa shape index (κ3) is 4.33. The summed E-state index contributed by atoms with van der Waals surface area (Å²) in [5.41, 5.74) is 8.16. The highest BCUT2D eigenvalue weighted by Crippen LogP contribution is 2.10. The summed E-state index contributed by atoms with van der Waals surface area (Å²) >= 11 is 0. The van der Waals surface area contributed by atoms with E-state index in [4.69, 9.17) is 5.73 Å². The van der Waals surface area contributed by atoms with Crippen LogP contribution in [0.4, 0.5) is 0 Å². The molecule has 1 heterocycles. The highest BCUT2D eigenvalue weighted by Gasteiger charge is 2.03. The molecule has 1 unspecified atom stereocenters. The Morgan fingerprint density at radius 3 is 3.00 bits per heavy atom. The van der Waals surface area contributed by atoms with E-state index in [2.05, 4.69) is 28.3 Å². The first kappa shape index (κ1) is 14.0. The van der Waals surface area contributed by atoms with Crippen molar-refractivity contribution in [2.45, 2.75) is 38.6 Å². The summed E-state index contributed by atoms with van der Waals surface area (Å²) in [6.45, 7) is 4.00. The summed E-state index contributed by atoms with van der Waals surface area (Å²) in [6, 6.07) is 8.40. The quantitative estimate of drug-likeness (QED) is 0.638. The van der Waals surface area contributed by atoms with E-state index in [-0.39, 0.29) is 6.04 Å². The standard InChI is InChI=1S/C15H24N4/c1-2-3-6-12(16)11-17-10-9-15-18-13-7-4-5-8-14(13)19-15/h4-5,7-8,12,17H,2-3,6,9-11,16H2,1H3,(H,18,19). The van der Waals surface area contributed by atoms with Gasteiger partial charge in [0.25, 0.3) is 0 Å². The predicted molar refractivity (Wildman–Crippen MR) is 80.2 cm³/mol. The molecule has 0 aliphatic carbocycles. The van der Waals surface area contributed by atoms with Gasteiger partial charge in [-0.3, -0.25) is 0 Å². The van der Waals surface area contributed by atoms with Crippen LogP contribution in [0.1, 0.15) is 32.0 Å². The molecule has 4 N–H and O–H groups in total. The number of fused-ring (bicyclic) bond motifs is 1. The lowest BCUT2D eigenvalue weighted by atomic mass is 10.1. The van der Waals surface area contributed by atoms with Gasteiger partial charge >= 0.3 is 0 Å². The van der Waals surface area contributed by atoms with Crippen LogP contribution in [0.3, 0.4) is 0 Å². The zero-order valence-corrected chi connectivity index (χ0v) is 11.7. The van der Waals surface area contributed by atoms with Crippen molar-refractivity contribution in [1.82, 2.24) is 15.3 Å². The second-order valence-electron chi connectivity index (χ2n) is 5.06. The molecule has 1 aromatic carbocycles. The van der Waals surface area contributed by atoms with Crippen LogP contribution >= 0.6 is 0 Å². The third-order valence-corrected chi connectivity index (χ3v) is 3.31. The first-order valence-electron chi connectivity index (χ1n) is 7.19. The number of rotatable bonds is 8. The number of nitrogens with two attached hydrogens (primary N) is 1. The van der Waals surface area contributed by atoms with Gasteiger partial charge in [-0.05, 0) is 18.6 Å². The van der Waals surface area contributed by atoms with Crippen molar-refractivity contribution in [2.75, 3.05) is 13.1 Å². The molecule has 0 saturated carbocycles. The Morgan fingerprint density at radius 2 is 2.21 bits per heavy atom. The monoisotopic (exact) mass is 260 g/mol. The van der Waals surface area contributed by atoms with Crippen LogP contribution in [0.5, 0.6) is 0 Å². The minimum Gasteiger partial charge on any atom is -0.342 e. The fourth-order valence-corrected chi connectivity index (χ4v) is 2.19. The molecule has 0 bridgehead atoms.